The summed E-state index contributed by atoms with van der Waals surface area (Å²) in [6.07, 6.45) is 3.19. The van der Waals surface area contributed by atoms with Crippen molar-refractivity contribution in [3.8, 4) is 0 Å². The molecular weight excluding hydrogens is 357 g/mol. The average molecular weight is 376 g/mol. The van der Waals surface area contributed by atoms with Crippen LogP contribution in [0.15, 0.2) is 48.7 Å². The number of carbonyl (C=O) groups excluding carboxylic acids is 1. The first kappa shape index (κ1) is 17.6. The van der Waals surface area contributed by atoms with E-state index in [1.54, 1.807) is 18.2 Å². The van der Waals surface area contributed by atoms with Crippen LogP contribution in [0.2, 0.25) is 10.0 Å². The van der Waals surface area contributed by atoms with Gasteiger partial charge >= 0.3 is 0 Å². The van der Waals surface area contributed by atoms with E-state index in [0.717, 1.165) is 17.6 Å². The molecule has 0 spiro atoms. The average Bonchev–Trinajstić information content (AvgIpc) is 2.97. The molecule has 3 rings (SSSR count). The molecule has 1 aromatic heterocycles. The Hall–Kier alpha value is -2.17. The van der Waals surface area contributed by atoms with Crippen molar-refractivity contribution in [1.29, 1.82) is 0 Å². The molecule has 0 saturated carbocycles. The fourth-order valence-corrected chi connectivity index (χ4v) is 3.27. The van der Waals surface area contributed by atoms with E-state index in [1.807, 2.05) is 24.4 Å². The summed E-state index contributed by atoms with van der Waals surface area (Å²) in [7, 11) is 0. The summed E-state index contributed by atoms with van der Waals surface area (Å²) in [6, 6.07) is 13.4. The van der Waals surface area contributed by atoms with E-state index in [4.69, 9.17) is 23.2 Å². The number of anilines is 1. The number of aromatic nitrogens is 1. The lowest BCUT2D eigenvalue weighted by atomic mass is 10.1. The Bertz CT molecular complexity index is 856. The number of nitrogens with one attached hydrogen (secondary N) is 3. The number of aromatic amines is 1. The molecule has 1 heterocycles. The maximum absolute atomic E-state index is 11.9. The van der Waals surface area contributed by atoms with Crippen LogP contribution in [0.25, 0.3) is 10.9 Å². The van der Waals surface area contributed by atoms with Gasteiger partial charge in [0.25, 0.3) is 0 Å². The third kappa shape index (κ3) is 4.91. The van der Waals surface area contributed by atoms with Gasteiger partial charge in [0.2, 0.25) is 5.91 Å². The summed E-state index contributed by atoms with van der Waals surface area (Å²) in [5.41, 5.74) is 3.14. The fourth-order valence-electron chi connectivity index (χ4n) is 2.74. The van der Waals surface area contributed by atoms with Gasteiger partial charge in [0.15, 0.2) is 0 Å². The minimum Gasteiger partial charge on any atom is -0.384 e. The minimum absolute atomic E-state index is 0.0143. The molecule has 1 amide bonds. The number of rotatable bonds is 7. The summed E-state index contributed by atoms with van der Waals surface area (Å²) in [4.78, 5) is 15.2. The third-order valence-electron chi connectivity index (χ3n) is 3.94. The highest BCUT2D eigenvalue weighted by atomic mass is 35.5. The van der Waals surface area contributed by atoms with Crippen molar-refractivity contribution in [3.63, 3.8) is 0 Å². The number of hydrogen-bond donors (Lipinski definition) is 3. The lowest BCUT2D eigenvalue weighted by molar-refractivity contribution is -0.120. The Morgan fingerprint density at radius 3 is 2.60 bits per heavy atom. The van der Waals surface area contributed by atoms with Crippen molar-refractivity contribution in [2.24, 2.45) is 0 Å². The van der Waals surface area contributed by atoms with Gasteiger partial charge in [-0.2, -0.15) is 0 Å². The van der Waals surface area contributed by atoms with Crippen LogP contribution in [0.4, 0.5) is 5.69 Å². The van der Waals surface area contributed by atoms with Gasteiger partial charge in [-0.1, -0.05) is 41.4 Å². The predicted molar refractivity (Wildman–Crippen MR) is 105 cm³/mol. The summed E-state index contributed by atoms with van der Waals surface area (Å²) in [5.74, 6) is 0.0143. The van der Waals surface area contributed by atoms with Crippen LogP contribution < -0.4 is 10.6 Å². The molecule has 0 aliphatic rings. The van der Waals surface area contributed by atoms with E-state index in [0.29, 0.717) is 29.6 Å². The van der Waals surface area contributed by atoms with Crippen LogP contribution in [0.5, 0.6) is 0 Å². The van der Waals surface area contributed by atoms with Crippen molar-refractivity contribution in [1.82, 2.24) is 10.3 Å². The zero-order valence-corrected chi connectivity index (χ0v) is 15.1. The summed E-state index contributed by atoms with van der Waals surface area (Å²) in [6.45, 7) is 1.14. The van der Waals surface area contributed by atoms with E-state index in [1.165, 1.54) is 10.9 Å². The first-order chi connectivity index (χ1) is 12.1. The zero-order valence-electron chi connectivity index (χ0n) is 13.6. The Morgan fingerprint density at radius 1 is 1.04 bits per heavy atom. The van der Waals surface area contributed by atoms with Crippen LogP contribution in [0.1, 0.15) is 12.0 Å². The Labute approximate surface area is 156 Å². The number of halogens is 2. The molecule has 0 atom stereocenters. The van der Waals surface area contributed by atoms with Crippen LogP contribution in [-0.2, 0) is 11.2 Å². The monoisotopic (exact) mass is 375 g/mol. The van der Waals surface area contributed by atoms with Crippen LogP contribution in [0, 0.1) is 0 Å². The lowest BCUT2D eigenvalue weighted by Gasteiger charge is -2.08. The number of para-hydroxylation sites is 1. The minimum atomic E-state index is 0.0143. The molecule has 25 heavy (non-hydrogen) atoms. The Morgan fingerprint density at radius 2 is 1.80 bits per heavy atom. The topological polar surface area (TPSA) is 56.9 Å². The van der Waals surface area contributed by atoms with Gasteiger partial charge < -0.3 is 15.6 Å². The Balaban J connectivity index is 1.41. The van der Waals surface area contributed by atoms with Gasteiger partial charge in [0.1, 0.15) is 0 Å². The summed E-state index contributed by atoms with van der Waals surface area (Å²) < 4.78 is 0. The number of H-pyrrole nitrogens is 1. The molecule has 3 aromatic rings. The molecule has 0 fully saturated rings. The molecule has 3 N–H and O–H groups in total. The van der Waals surface area contributed by atoms with Crippen LogP contribution >= 0.6 is 23.2 Å². The van der Waals surface area contributed by atoms with E-state index < -0.39 is 0 Å². The molecule has 0 bridgehead atoms. The third-order valence-corrected chi connectivity index (χ3v) is 4.37. The van der Waals surface area contributed by atoms with Gasteiger partial charge in [-0.3, -0.25) is 4.79 Å². The number of hydrogen-bond acceptors (Lipinski definition) is 2. The fraction of sp³-hybridized carbons (Fsp3) is 0.211. The van der Waals surface area contributed by atoms with Gasteiger partial charge in [0.05, 0.1) is 0 Å². The Kier molecular flexibility index (Phi) is 5.84. The maximum Gasteiger partial charge on any atom is 0.221 e. The lowest BCUT2D eigenvalue weighted by Crippen LogP contribution is -2.27. The van der Waals surface area contributed by atoms with Crippen molar-refractivity contribution < 1.29 is 4.79 Å². The molecular formula is C19H19Cl2N3O. The van der Waals surface area contributed by atoms with Gasteiger partial charge in [-0.05, 0) is 36.2 Å². The second-order valence-electron chi connectivity index (χ2n) is 5.79. The predicted octanol–water partition coefficient (Wildman–Crippen LogP) is 4.64. The molecule has 6 heteroatoms. The number of carbonyl (C=O) groups is 1. The molecule has 0 aliphatic heterocycles. The molecule has 4 nitrogen and oxygen atoms in total. The smallest absolute Gasteiger partial charge is 0.221 e. The molecule has 0 unspecified atom stereocenters. The number of benzene rings is 2. The van der Waals surface area contributed by atoms with E-state index in [2.05, 4.69) is 21.7 Å². The zero-order chi connectivity index (χ0) is 17.6. The molecule has 0 aliphatic carbocycles. The van der Waals surface area contributed by atoms with Crippen LogP contribution in [0.3, 0.4) is 0 Å². The maximum atomic E-state index is 11.9. The van der Waals surface area contributed by atoms with Crippen molar-refractivity contribution in [2.75, 3.05) is 18.4 Å². The molecule has 2 aromatic carbocycles. The number of amides is 1. The molecule has 0 radical (unpaired) electrons. The van der Waals surface area contributed by atoms with E-state index in [9.17, 15) is 4.79 Å². The molecule has 0 saturated heterocycles. The summed E-state index contributed by atoms with van der Waals surface area (Å²) >= 11 is 11.9. The van der Waals surface area contributed by atoms with Gasteiger partial charge in [0, 0.05) is 52.3 Å². The highest BCUT2D eigenvalue weighted by Crippen LogP contribution is 2.22. The van der Waals surface area contributed by atoms with Gasteiger partial charge in [-0.15, -0.1) is 0 Å². The normalized spacial score (nSPS) is 10.8. The largest absolute Gasteiger partial charge is 0.384 e. The second-order valence-corrected chi connectivity index (χ2v) is 6.67. The quantitative estimate of drug-likeness (QED) is 0.563. The van der Waals surface area contributed by atoms with E-state index >= 15 is 0 Å². The van der Waals surface area contributed by atoms with Crippen molar-refractivity contribution in [3.05, 3.63) is 64.3 Å². The van der Waals surface area contributed by atoms with E-state index in [-0.39, 0.29) is 5.91 Å². The SMILES string of the molecule is O=C(CCNc1cc(Cl)cc(Cl)c1)NCCc1c[nH]c2ccccc12. The molecule has 130 valence electrons. The first-order valence-electron chi connectivity index (χ1n) is 8.13. The van der Waals surface area contributed by atoms with Crippen molar-refractivity contribution in [2.45, 2.75) is 12.8 Å². The standard InChI is InChI=1S/C19H19Cl2N3O/c20-14-9-15(21)11-16(10-14)22-8-6-19(25)23-7-5-13-12-24-18-4-2-1-3-17(13)18/h1-4,9-12,22,24H,5-8H2,(H,23,25). The highest BCUT2D eigenvalue weighted by Gasteiger charge is 2.05. The highest BCUT2D eigenvalue weighted by molar-refractivity contribution is 6.35. The van der Waals surface area contributed by atoms with Crippen molar-refractivity contribution >= 4 is 45.7 Å². The first-order valence-corrected chi connectivity index (χ1v) is 8.89. The number of fused-ring (bicyclic) bond motifs is 1. The summed E-state index contributed by atoms with van der Waals surface area (Å²) in [5, 5.41) is 8.44. The second kappa shape index (κ2) is 8.28. The van der Waals surface area contributed by atoms with Gasteiger partial charge in [-0.25, -0.2) is 0 Å². The van der Waals surface area contributed by atoms with Crippen LogP contribution in [-0.4, -0.2) is 24.0 Å².